The summed E-state index contributed by atoms with van der Waals surface area (Å²) >= 11 is 0. The van der Waals surface area contributed by atoms with Crippen LogP contribution in [0.1, 0.15) is 16.8 Å². The van der Waals surface area contributed by atoms with Crippen molar-refractivity contribution in [1.82, 2.24) is 10.3 Å². The molecule has 1 N–H and O–H groups in total. The first-order valence-corrected chi connectivity index (χ1v) is 5.38. The molecule has 16 heavy (non-hydrogen) atoms. The van der Waals surface area contributed by atoms with Gasteiger partial charge in [0.05, 0.1) is 5.56 Å². The molecule has 1 heterocycles. The normalized spacial score (nSPS) is 18.4. The highest BCUT2D eigenvalue weighted by Crippen LogP contribution is 2.10. The number of nitrogens with zero attached hydrogens (tertiary/aromatic N) is 1. The van der Waals surface area contributed by atoms with Crippen molar-refractivity contribution < 1.29 is 4.79 Å². The number of allylic oxidation sites excluding steroid dienone is 3. The van der Waals surface area contributed by atoms with E-state index in [-0.39, 0.29) is 5.91 Å². The van der Waals surface area contributed by atoms with E-state index in [9.17, 15) is 4.79 Å². The van der Waals surface area contributed by atoms with Crippen molar-refractivity contribution in [3.05, 3.63) is 54.4 Å². The Hall–Kier alpha value is -1.90. The first kappa shape index (κ1) is 10.6. The van der Waals surface area contributed by atoms with Crippen LogP contribution >= 0.6 is 0 Å². The number of hydrogen-bond acceptors (Lipinski definition) is 2. The number of nitrogens with one attached hydrogen (secondary N) is 1. The Bertz CT molecular complexity index is 409. The maximum atomic E-state index is 11.7. The molecule has 1 aromatic heterocycles. The van der Waals surface area contributed by atoms with E-state index in [1.807, 2.05) is 12.2 Å². The van der Waals surface area contributed by atoms with Crippen molar-refractivity contribution in [2.24, 2.45) is 5.92 Å². The molecule has 1 aromatic rings. The maximum absolute atomic E-state index is 11.7. The molecular weight excluding hydrogens is 200 g/mol. The Morgan fingerprint density at radius 2 is 2.44 bits per heavy atom. The van der Waals surface area contributed by atoms with Crippen LogP contribution in [0.3, 0.4) is 0 Å². The average molecular weight is 214 g/mol. The minimum atomic E-state index is -0.0592. The zero-order valence-electron chi connectivity index (χ0n) is 8.97. The molecule has 2 rings (SSSR count). The van der Waals surface area contributed by atoms with Gasteiger partial charge in [-0.15, -0.1) is 0 Å². The molecule has 0 spiro atoms. The van der Waals surface area contributed by atoms with Gasteiger partial charge in [-0.3, -0.25) is 9.78 Å². The smallest absolute Gasteiger partial charge is 0.252 e. The summed E-state index contributed by atoms with van der Waals surface area (Å²) in [5.41, 5.74) is 0.609. The second kappa shape index (κ2) is 5.26. The molecule has 0 bridgehead atoms. The summed E-state index contributed by atoms with van der Waals surface area (Å²) in [5.74, 6) is 0.349. The molecule has 3 nitrogen and oxygen atoms in total. The largest absolute Gasteiger partial charge is 0.351 e. The summed E-state index contributed by atoms with van der Waals surface area (Å²) in [7, 11) is 0. The summed E-state index contributed by atoms with van der Waals surface area (Å²) in [6.07, 6.45) is 12.5. The predicted molar refractivity (Wildman–Crippen MR) is 63.0 cm³/mol. The van der Waals surface area contributed by atoms with Crippen LogP contribution < -0.4 is 5.32 Å². The predicted octanol–water partition coefficient (Wildman–Crippen LogP) is 1.94. The minimum absolute atomic E-state index is 0.0592. The molecule has 0 fully saturated rings. The van der Waals surface area contributed by atoms with E-state index < -0.39 is 0 Å². The lowest BCUT2D eigenvalue weighted by Gasteiger charge is -2.13. The van der Waals surface area contributed by atoms with Gasteiger partial charge < -0.3 is 5.32 Å². The SMILES string of the molecule is O=C(NCC1C=CC=CC1)c1cccnc1. The van der Waals surface area contributed by atoms with Gasteiger partial charge in [0.1, 0.15) is 0 Å². The van der Waals surface area contributed by atoms with E-state index in [4.69, 9.17) is 0 Å². The van der Waals surface area contributed by atoms with Crippen molar-refractivity contribution in [2.75, 3.05) is 6.54 Å². The third-order valence-corrected chi connectivity index (χ3v) is 2.52. The topological polar surface area (TPSA) is 42.0 Å². The van der Waals surface area contributed by atoms with Crippen LogP contribution in [0.4, 0.5) is 0 Å². The van der Waals surface area contributed by atoms with Crippen molar-refractivity contribution in [3.8, 4) is 0 Å². The number of rotatable bonds is 3. The van der Waals surface area contributed by atoms with Crippen molar-refractivity contribution >= 4 is 5.91 Å². The Labute approximate surface area is 94.9 Å². The van der Waals surface area contributed by atoms with Crippen LogP contribution in [-0.2, 0) is 0 Å². The molecule has 0 aromatic carbocycles. The van der Waals surface area contributed by atoms with Gasteiger partial charge in [0.2, 0.25) is 0 Å². The quantitative estimate of drug-likeness (QED) is 0.835. The van der Waals surface area contributed by atoms with Gasteiger partial charge in [-0.05, 0) is 24.5 Å². The fourth-order valence-corrected chi connectivity index (χ4v) is 1.61. The number of carbonyl (C=O) groups is 1. The molecule has 1 aliphatic carbocycles. The molecule has 0 radical (unpaired) electrons. The highest BCUT2D eigenvalue weighted by Gasteiger charge is 2.09. The van der Waals surface area contributed by atoms with E-state index in [0.29, 0.717) is 18.0 Å². The Balaban J connectivity index is 1.84. The monoisotopic (exact) mass is 214 g/mol. The third-order valence-electron chi connectivity index (χ3n) is 2.52. The van der Waals surface area contributed by atoms with Crippen molar-refractivity contribution in [1.29, 1.82) is 0 Å². The van der Waals surface area contributed by atoms with Crippen LogP contribution in [0.5, 0.6) is 0 Å². The lowest BCUT2D eigenvalue weighted by Crippen LogP contribution is -2.28. The molecule has 1 unspecified atom stereocenters. The van der Waals surface area contributed by atoms with Gasteiger partial charge in [0.15, 0.2) is 0 Å². The van der Waals surface area contributed by atoms with Crippen molar-refractivity contribution in [2.45, 2.75) is 6.42 Å². The summed E-state index contributed by atoms with van der Waals surface area (Å²) in [6, 6.07) is 3.52. The highest BCUT2D eigenvalue weighted by molar-refractivity contribution is 5.93. The first-order chi connectivity index (χ1) is 7.86. The van der Waals surface area contributed by atoms with Gasteiger partial charge in [-0.25, -0.2) is 0 Å². The fourth-order valence-electron chi connectivity index (χ4n) is 1.61. The number of hydrogen-bond donors (Lipinski definition) is 1. The van der Waals surface area contributed by atoms with Crippen LogP contribution in [0.2, 0.25) is 0 Å². The van der Waals surface area contributed by atoms with Gasteiger partial charge >= 0.3 is 0 Å². The number of carbonyl (C=O) groups excluding carboxylic acids is 1. The van der Waals surface area contributed by atoms with Crippen LogP contribution in [0.15, 0.2) is 48.8 Å². The Morgan fingerprint density at radius 3 is 3.12 bits per heavy atom. The number of pyridine rings is 1. The number of amides is 1. The molecule has 0 saturated heterocycles. The molecule has 0 saturated carbocycles. The Morgan fingerprint density at radius 1 is 1.50 bits per heavy atom. The summed E-state index contributed by atoms with van der Waals surface area (Å²) in [4.78, 5) is 15.6. The summed E-state index contributed by atoms with van der Waals surface area (Å²) in [5, 5.41) is 2.90. The summed E-state index contributed by atoms with van der Waals surface area (Å²) < 4.78 is 0. The van der Waals surface area contributed by atoms with E-state index >= 15 is 0 Å². The molecule has 0 aliphatic heterocycles. The lowest BCUT2D eigenvalue weighted by molar-refractivity contribution is 0.0949. The highest BCUT2D eigenvalue weighted by atomic mass is 16.1. The van der Waals surface area contributed by atoms with Crippen LogP contribution in [-0.4, -0.2) is 17.4 Å². The molecule has 1 atom stereocenters. The Kier molecular flexibility index (Phi) is 3.49. The lowest BCUT2D eigenvalue weighted by atomic mass is 10.0. The fraction of sp³-hybridized carbons (Fsp3) is 0.231. The first-order valence-electron chi connectivity index (χ1n) is 5.38. The minimum Gasteiger partial charge on any atom is -0.351 e. The standard InChI is InChI=1S/C13H14N2O/c16-13(12-7-4-8-14-10-12)15-9-11-5-2-1-3-6-11/h1-5,7-8,10-11H,6,9H2,(H,15,16). The average Bonchev–Trinajstić information content (AvgIpc) is 2.38. The van der Waals surface area contributed by atoms with Gasteiger partial charge in [0, 0.05) is 18.9 Å². The molecule has 82 valence electrons. The summed E-state index contributed by atoms with van der Waals surface area (Å²) in [6.45, 7) is 0.675. The second-order valence-corrected chi connectivity index (χ2v) is 3.76. The van der Waals surface area contributed by atoms with E-state index in [1.165, 1.54) is 0 Å². The molecular formula is C13H14N2O. The van der Waals surface area contributed by atoms with Gasteiger partial charge in [0.25, 0.3) is 5.91 Å². The second-order valence-electron chi connectivity index (χ2n) is 3.76. The number of aromatic nitrogens is 1. The van der Waals surface area contributed by atoms with Crippen LogP contribution in [0, 0.1) is 5.92 Å². The van der Waals surface area contributed by atoms with Crippen molar-refractivity contribution in [3.63, 3.8) is 0 Å². The van der Waals surface area contributed by atoms with Crippen LogP contribution in [0.25, 0.3) is 0 Å². The molecule has 1 aliphatic rings. The maximum Gasteiger partial charge on any atom is 0.252 e. The van der Waals surface area contributed by atoms with E-state index in [2.05, 4.69) is 22.5 Å². The van der Waals surface area contributed by atoms with Gasteiger partial charge in [-0.2, -0.15) is 0 Å². The third kappa shape index (κ3) is 2.79. The van der Waals surface area contributed by atoms with Gasteiger partial charge in [-0.1, -0.05) is 24.3 Å². The molecule has 1 amide bonds. The zero-order chi connectivity index (χ0) is 11.2. The molecule has 3 heteroatoms. The van der Waals surface area contributed by atoms with E-state index in [1.54, 1.807) is 24.5 Å². The zero-order valence-corrected chi connectivity index (χ0v) is 8.97. The van der Waals surface area contributed by atoms with E-state index in [0.717, 1.165) is 6.42 Å².